The summed E-state index contributed by atoms with van der Waals surface area (Å²) in [4.78, 5) is 26.6. The van der Waals surface area contributed by atoms with Gasteiger partial charge in [-0.25, -0.2) is 4.79 Å². The van der Waals surface area contributed by atoms with E-state index in [0.717, 1.165) is 5.56 Å². The number of benzene rings is 1. The molecule has 2 N–H and O–H groups in total. The number of carbonyl (C=O) groups excluding carboxylic acids is 2. The zero-order chi connectivity index (χ0) is 18.4. The van der Waals surface area contributed by atoms with Crippen LogP contribution in [-0.2, 0) is 20.9 Å². The molecule has 138 valence electrons. The Balaban J connectivity index is 2.09. The Morgan fingerprint density at radius 1 is 1.24 bits per heavy atom. The quantitative estimate of drug-likeness (QED) is 0.799. The van der Waals surface area contributed by atoms with E-state index in [0.29, 0.717) is 19.6 Å². The van der Waals surface area contributed by atoms with E-state index in [1.54, 1.807) is 11.8 Å². The molecule has 25 heavy (non-hydrogen) atoms. The van der Waals surface area contributed by atoms with Crippen molar-refractivity contribution in [2.24, 2.45) is 17.6 Å². The Morgan fingerprint density at radius 3 is 2.52 bits per heavy atom. The van der Waals surface area contributed by atoms with Crippen molar-refractivity contribution in [3.8, 4) is 0 Å². The summed E-state index contributed by atoms with van der Waals surface area (Å²) in [5, 5.41) is 0. The van der Waals surface area contributed by atoms with Gasteiger partial charge in [0.15, 0.2) is 0 Å². The number of hydrogen-bond acceptors (Lipinski definition) is 5. The van der Waals surface area contributed by atoms with Crippen LogP contribution in [0.15, 0.2) is 30.3 Å². The highest BCUT2D eigenvalue weighted by Crippen LogP contribution is 2.30. The van der Waals surface area contributed by atoms with Gasteiger partial charge in [0.25, 0.3) is 0 Å². The van der Waals surface area contributed by atoms with E-state index in [2.05, 4.69) is 0 Å². The molecular weight excluding hydrogens is 320 g/mol. The Morgan fingerprint density at radius 2 is 1.92 bits per heavy atom. The minimum atomic E-state index is -0.457. The Hall–Kier alpha value is -2.08. The average Bonchev–Trinajstić information content (AvgIpc) is 2.95. The van der Waals surface area contributed by atoms with E-state index in [-0.39, 0.29) is 24.5 Å². The minimum Gasteiger partial charge on any atom is -0.466 e. The Bertz CT molecular complexity index is 576. The maximum Gasteiger partial charge on any atom is 0.410 e. The summed E-state index contributed by atoms with van der Waals surface area (Å²) in [5.41, 5.74) is 7.15. The smallest absolute Gasteiger partial charge is 0.410 e. The molecule has 0 saturated carbocycles. The standard InChI is InChI=1S/C19H28N2O4/c1-4-24-18(22)16(13(2)3)17-15(20)10-11-21(17)19(23)25-12-14-8-6-5-7-9-14/h5-9,13,15-17H,4,10-12,20H2,1-3H3/t15-,16+,17-/m1/s1. The fourth-order valence-corrected chi connectivity index (χ4v) is 3.36. The predicted molar refractivity (Wildman–Crippen MR) is 94.7 cm³/mol. The summed E-state index contributed by atoms with van der Waals surface area (Å²) < 4.78 is 10.6. The molecule has 1 heterocycles. The molecule has 1 fully saturated rings. The number of rotatable bonds is 6. The van der Waals surface area contributed by atoms with Crippen LogP contribution in [0.25, 0.3) is 0 Å². The first-order valence-electron chi connectivity index (χ1n) is 8.85. The van der Waals surface area contributed by atoms with E-state index < -0.39 is 18.1 Å². The summed E-state index contributed by atoms with van der Waals surface area (Å²) in [5.74, 6) is -0.750. The molecule has 1 aliphatic heterocycles. The van der Waals surface area contributed by atoms with Gasteiger partial charge in [-0.2, -0.15) is 0 Å². The van der Waals surface area contributed by atoms with Crippen LogP contribution in [0.5, 0.6) is 0 Å². The van der Waals surface area contributed by atoms with Crippen molar-refractivity contribution in [3.63, 3.8) is 0 Å². The van der Waals surface area contributed by atoms with E-state index in [1.165, 1.54) is 0 Å². The van der Waals surface area contributed by atoms with Gasteiger partial charge in [-0.05, 0) is 24.8 Å². The van der Waals surface area contributed by atoms with Crippen LogP contribution in [0, 0.1) is 11.8 Å². The topological polar surface area (TPSA) is 81.9 Å². The first kappa shape index (κ1) is 19.2. The first-order chi connectivity index (χ1) is 12.0. The minimum absolute atomic E-state index is 0.0117. The van der Waals surface area contributed by atoms with Gasteiger partial charge < -0.3 is 20.1 Å². The SMILES string of the molecule is CCOC(=O)[C@@H](C(C)C)[C@H]1[C@H](N)CCN1C(=O)OCc1ccccc1. The number of likely N-dealkylation sites (tertiary alicyclic amines) is 1. The molecule has 0 aromatic heterocycles. The zero-order valence-electron chi connectivity index (χ0n) is 15.2. The maximum atomic E-state index is 12.6. The van der Waals surface area contributed by atoms with Gasteiger partial charge in [-0.1, -0.05) is 44.2 Å². The normalized spacial score (nSPS) is 21.2. The van der Waals surface area contributed by atoms with Crippen molar-refractivity contribution in [2.45, 2.75) is 45.9 Å². The Labute approximate surface area is 149 Å². The van der Waals surface area contributed by atoms with Crippen molar-refractivity contribution >= 4 is 12.1 Å². The highest BCUT2D eigenvalue weighted by molar-refractivity contribution is 5.76. The van der Waals surface area contributed by atoms with Gasteiger partial charge in [-0.3, -0.25) is 4.79 Å². The third-order valence-electron chi connectivity index (χ3n) is 4.59. The van der Waals surface area contributed by atoms with E-state index >= 15 is 0 Å². The molecule has 0 bridgehead atoms. The molecule has 1 aromatic rings. The number of hydrogen-bond donors (Lipinski definition) is 1. The average molecular weight is 348 g/mol. The summed E-state index contributed by atoms with van der Waals surface area (Å²) in [6, 6.07) is 8.84. The van der Waals surface area contributed by atoms with Crippen molar-refractivity contribution in [2.75, 3.05) is 13.2 Å². The molecule has 6 nitrogen and oxygen atoms in total. The van der Waals surface area contributed by atoms with Crippen LogP contribution >= 0.6 is 0 Å². The van der Waals surface area contributed by atoms with E-state index in [4.69, 9.17) is 15.2 Å². The molecule has 1 aliphatic rings. The summed E-state index contributed by atoms with van der Waals surface area (Å²) >= 11 is 0. The second-order valence-corrected chi connectivity index (χ2v) is 6.70. The fraction of sp³-hybridized carbons (Fsp3) is 0.579. The molecular formula is C19H28N2O4. The van der Waals surface area contributed by atoms with Gasteiger partial charge in [0.2, 0.25) is 0 Å². The lowest BCUT2D eigenvalue weighted by Gasteiger charge is -2.34. The van der Waals surface area contributed by atoms with Crippen molar-refractivity contribution in [3.05, 3.63) is 35.9 Å². The molecule has 2 rings (SSSR count). The van der Waals surface area contributed by atoms with Crippen molar-refractivity contribution < 1.29 is 19.1 Å². The lowest BCUT2D eigenvalue weighted by atomic mass is 9.85. The van der Waals surface area contributed by atoms with Crippen LogP contribution in [0.1, 0.15) is 32.8 Å². The maximum absolute atomic E-state index is 12.6. The third-order valence-corrected chi connectivity index (χ3v) is 4.59. The summed E-state index contributed by atoms with van der Waals surface area (Å²) in [6.45, 7) is 6.66. The fourth-order valence-electron chi connectivity index (χ4n) is 3.36. The van der Waals surface area contributed by atoms with Gasteiger partial charge in [-0.15, -0.1) is 0 Å². The highest BCUT2D eigenvalue weighted by Gasteiger charge is 2.45. The molecule has 0 spiro atoms. The summed E-state index contributed by atoms with van der Waals surface area (Å²) in [6.07, 6.45) is 0.213. The number of ether oxygens (including phenoxy) is 2. The van der Waals surface area contributed by atoms with Crippen molar-refractivity contribution in [1.29, 1.82) is 0 Å². The van der Waals surface area contributed by atoms with Crippen molar-refractivity contribution in [1.82, 2.24) is 4.90 Å². The van der Waals surface area contributed by atoms with Gasteiger partial charge in [0.1, 0.15) is 6.61 Å². The van der Waals surface area contributed by atoms with Crippen LogP contribution in [0.4, 0.5) is 4.79 Å². The Kier molecular flexibility index (Phi) is 6.82. The summed E-state index contributed by atoms with van der Waals surface area (Å²) in [7, 11) is 0. The number of nitrogens with two attached hydrogens (primary N) is 1. The molecule has 6 heteroatoms. The number of carbonyl (C=O) groups is 2. The van der Waals surface area contributed by atoms with Gasteiger partial charge in [0, 0.05) is 12.6 Å². The molecule has 1 aromatic carbocycles. The van der Waals surface area contributed by atoms with Gasteiger partial charge in [0.05, 0.1) is 18.6 Å². The highest BCUT2D eigenvalue weighted by atomic mass is 16.6. The molecule has 0 aliphatic carbocycles. The number of nitrogens with zero attached hydrogens (tertiary/aromatic N) is 1. The molecule has 1 saturated heterocycles. The number of esters is 1. The monoisotopic (exact) mass is 348 g/mol. The second kappa shape index (κ2) is 8.85. The van der Waals surface area contributed by atoms with E-state index in [1.807, 2.05) is 44.2 Å². The molecule has 0 radical (unpaired) electrons. The zero-order valence-corrected chi connectivity index (χ0v) is 15.2. The molecule has 0 unspecified atom stereocenters. The molecule has 1 amide bonds. The van der Waals surface area contributed by atoms with Crippen LogP contribution in [0.3, 0.4) is 0 Å². The van der Waals surface area contributed by atoms with Gasteiger partial charge >= 0.3 is 12.1 Å². The van der Waals surface area contributed by atoms with E-state index in [9.17, 15) is 9.59 Å². The lowest BCUT2D eigenvalue weighted by Crippen LogP contribution is -2.51. The number of amides is 1. The lowest BCUT2D eigenvalue weighted by molar-refractivity contribution is -0.152. The second-order valence-electron chi connectivity index (χ2n) is 6.70. The van der Waals surface area contributed by atoms with Crippen LogP contribution < -0.4 is 5.73 Å². The van der Waals surface area contributed by atoms with Crippen LogP contribution in [0.2, 0.25) is 0 Å². The molecule has 3 atom stereocenters. The third kappa shape index (κ3) is 4.72. The predicted octanol–water partition coefficient (Wildman–Crippen LogP) is 2.56. The largest absolute Gasteiger partial charge is 0.466 e. The van der Waals surface area contributed by atoms with Crippen LogP contribution in [-0.4, -0.2) is 42.2 Å². The first-order valence-corrected chi connectivity index (χ1v) is 8.85.